The van der Waals surface area contributed by atoms with E-state index in [1.807, 2.05) is 91.9 Å². The van der Waals surface area contributed by atoms with Gasteiger partial charge in [0.05, 0.1) is 30.8 Å². The van der Waals surface area contributed by atoms with Crippen LogP contribution in [0.1, 0.15) is 52.0 Å². The zero-order valence-corrected chi connectivity index (χ0v) is 21.3. The molecule has 1 aliphatic heterocycles. The maximum absolute atomic E-state index is 14.4. The summed E-state index contributed by atoms with van der Waals surface area (Å²) >= 11 is 0. The first kappa shape index (κ1) is 23.8. The van der Waals surface area contributed by atoms with E-state index >= 15 is 0 Å². The van der Waals surface area contributed by atoms with E-state index in [9.17, 15) is 9.59 Å². The molecule has 0 radical (unpaired) electrons. The maximum atomic E-state index is 14.4. The van der Waals surface area contributed by atoms with Crippen LogP contribution in [0, 0.1) is 6.92 Å². The zero-order valence-electron chi connectivity index (χ0n) is 21.3. The number of ketones is 1. The Kier molecular flexibility index (Phi) is 6.08. The minimum Gasteiger partial charge on any atom is -0.496 e. The lowest BCUT2D eigenvalue weighted by Gasteiger charge is -2.35. The summed E-state index contributed by atoms with van der Waals surface area (Å²) in [6.45, 7) is 1.99. The molecule has 0 saturated carbocycles. The van der Waals surface area contributed by atoms with E-state index < -0.39 is 6.04 Å². The Labute approximate surface area is 221 Å². The Hall–Kier alpha value is -4.58. The molecule has 0 saturated heterocycles. The van der Waals surface area contributed by atoms with Crippen LogP contribution >= 0.6 is 0 Å². The van der Waals surface area contributed by atoms with Crippen molar-refractivity contribution in [3.8, 4) is 5.75 Å². The van der Waals surface area contributed by atoms with Crippen molar-refractivity contribution < 1.29 is 18.7 Å². The van der Waals surface area contributed by atoms with Crippen molar-refractivity contribution in [3.05, 3.63) is 125 Å². The number of amides is 1. The van der Waals surface area contributed by atoms with Gasteiger partial charge in [-0.1, -0.05) is 48.0 Å². The van der Waals surface area contributed by atoms with Crippen LogP contribution < -0.4 is 15.0 Å². The van der Waals surface area contributed by atoms with Gasteiger partial charge in [-0.3, -0.25) is 14.5 Å². The van der Waals surface area contributed by atoms with Gasteiger partial charge in [-0.2, -0.15) is 0 Å². The van der Waals surface area contributed by atoms with E-state index in [2.05, 4.69) is 5.32 Å². The molecule has 0 fully saturated rings. The Balaban J connectivity index is 1.60. The monoisotopic (exact) mass is 504 g/mol. The molecule has 6 rings (SSSR count). The summed E-state index contributed by atoms with van der Waals surface area (Å²) in [5.74, 6) is 1.10. The van der Waals surface area contributed by atoms with Crippen LogP contribution in [0.4, 0.5) is 11.4 Å². The van der Waals surface area contributed by atoms with Gasteiger partial charge in [0.15, 0.2) is 5.78 Å². The van der Waals surface area contributed by atoms with Crippen LogP contribution in [0.25, 0.3) is 0 Å². The number of furan rings is 1. The number of methoxy groups -OCH3 is 1. The zero-order chi connectivity index (χ0) is 26.2. The number of Topliss-reactive ketones (excluding diaryl/α,β-unsaturated/α-hetero) is 1. The average molecular weight is 505 g/mol. The summed E-state index contributed by atoms with van der Waals surface area (Å²) in [6.07, 6.45) is 2.52. The Morgan fingerprint density at radius 2 is 1.71 bits per heavy atom. The van der Waals surface area contributed by atoms with Crippen molar-refractivity contribution in [1.82, 2.24) is 0 Å². The molecular weight excluding hydrogens is 476 g/mol. The fraction of sp³-hybridized carbons (Fsp3) is 0.188. The minimum atomic E-state index is -0.684. The minimum absolute atomic E-state index is 0.0226. The third-order valence-electron chi connectivity index (χ3n) is 7.39. The second-order valence-electron chi connectivity index (χ2n) is 9.76. The highest BCUT2D eigenvalue weighted by Crippen LogP contribution is 2.49. The lowest BCUT2D eigenvalue weighted by molar-refractivity contribution is -0.116. The normalized spacial score (nSPS) is 18.8. The lowest BCUT2D eigenvalue weighted by atomic mass is 9.79. The molecule has 38 heavy (non-hydrogen) atoms. The Morgan fingerprint density at radius 1 is 0.947 bits per heavy atom. The highest BCUT2D eigenvalue weighted by Gasteiger charge is 2.43. The number of rotatable bonds is 4. The number of hydrogen-bond donors (Lipinski definition) is 1. The SMILES string of the molecule is COc1ccccc1[C@H]1C2=C(C[C@@H](c3ccco3)CC2=O)Nc2ccccc2N1C(=O)c1ccc(C)cc1. The Bertz CT molecular complexity index is 1540. The topological polar surface area (TPSA) is 71.8 Å². The van der Waals surface area contributed by atoms with Gasteiger partial charge in [0.25, 0.3) is 5.91 Å². The fourth-order valence-corrected chi connectivity index (χ4v) is 5.56. The van der Waals surface area contributed by atoms with Gasteiger partial charge in [-0.25, -0.2) is 0 Å². The van der Waals surface area contributed by atoms with E-state index in [4.69, 9.17) is 9.15 Å². The molecule has 0 unspecified atom stereocenters. The lowest BCUT2D eigenvalue weighted by Crippen LogP contribution is -2.38. The maximum Gasteiger partial charge on any atom is 0.259 e. The number of nitrogens with zero attached hydrogens (tertiary/aromatic N) is 1. The van der Waals surface area contributed by atoms with Crippen LogP contribution in [0.3, 0.4) is 0 Å². The van der Waals surface area contributed by atoms with Gasteiger partial charge in [0.2, 0.25) is 0 Å². The van der Waals surface area contributed by atoms with Crippen LogP contribution in [-0.2, 0) is 4.79 Å². The van der Waals surface area contributed by atoms with E-state index in [0.29, 0.717) is 35.4 Å². The van der Waals surface area contributed by atoms with Crippen molar-refractivity contribution in [2.24, 2.45) is 0 Å². The summed E-state index contributed by atoms with van der Waals surface area (Å²) < 4.78 is 11.5. The second kappa shape index (κ2) is 9.71. The van der Waals surface area contributed by atoms with Gasteiger partial charge in [0, 0.05) is 34.7 Å². The van der Waals surface area contributed by atoms with Crippen LogP contribution in [0.15, 0.2) is 107 Å². The van der Waals surface area contributed by atoms with Crippen LogP contribution in [-0.4, -0.2) is 18.8 Å². The summed E-state index contributed by atoms with van der Waals surface area (Å²) in [5.41, 5.74) is 5.21. The summed E-state index contributed by atoms with van der Waals surface area (Å²) in [5, 5.41) is 3.55. The third kappa shape index (κ3) is 4.08. The smallest absolute Gasteiger partial charge is 0.259 e. The predicted octanol–water partition coefficient (Wildman–Crippen LogP) is 6.81. The number of allylic oxidation sites excluding steroid dienone is 1. The molecule has 2 atom stereocenters. The number of carbonyl (C=O) groups excluding carboxylic acids is 2. The molecule has 4 aromatic rings. The van der Waals surface area contributed by atoms with Crippen molar-refractivity contribution in [1.29, 1.82) is 0 Å². The number of ether oxygens (including phenoxy) is 1. The summed E-state index contributed by atoms with van der Waals surface area (Å²) in [4.78, 5) is 30.2. The first-order valence-electron chi connectivity index (χ1n) is 12.7. The Morgan fingerprint density at radius 3 is 2.47 bits per heavy atom. The molecule has 0 bridgehead atoms. The molecule has 190 valence electrons. The molecular formula is C32H28N2O4. The van der Waals surface area contributed by atoms with E-state index in [1.54, 1.807) is 18.3 Å². The molecule has 6 heteroatoms. The van der Waals surface area contributed by atoms with E-state index in [0.717, 1.165) is 28.3 Å². The van der Waals surface area contributed by atoms with Crippen LogP contribution in [0.2, 0.25) is 0 Å². The number of carbonyl (C=O) groups is 2. The third-order valence-corrected chi connectivity index (χ3v) is 7.39. The number of hydrogen-bond acceptors (Lipinski definition) is 5. The van der Waals surface area contributed by atoms with Crippen LogP contribution in [0.5, 0.6) is 5.75 Å². The average Bonchev–Trinajstić information content (AvgIpc) is 3.43. The highest BCUT2D eigenvalue weighted by atomic mass is 16.5. The van der Waals surface area contributed by atoms with E-state index in [-0.39, 0.29) is 17.6 Å². The van der Waals surface area contributed by atoms with Crippen molar-refractivity contribution >= 4 is 23.1 Å². The predicted molar refractivity (Wildman–Crippen MR) is 147 cm³/mol. The number of fused-ring (bicyclic) bond motifs is 1. The fourth-order valence-electron chi connectivity index (χ4n) is 5.56. The standard InChI is InChI=1S/C32H28N2O4/c1-20-13-15-21(16-14-20)32(36)34-26-10-5-4-9-24(26)33-25-18-22(28-12-7-17-38-28)19-27(35)30(25)31(34)23-8-3-6-11-29(23)37-2/h3-17,22,31,33H,18-19H2,1-2H3/t22-,31+/m1/s1. The molecule has 0 spiro atoms. The summed E-state index contributed by atoms with van der Waals surface area (Å²) in [7, 11) is 1.61. The van der Waals surface area contributed by atoms with Gasteiger partial charge in [0.1, 0.15) is 11.5 Å². The van der Waals surface area contributed by atoms with E-state index in [1.165, 1.54) is 0 Å². The first-order chi connectivity index (χ1) is 18.5. The molecule has 1 aromatic heterocycles. The molecule has 6 nitrogen and oxygen atoms in total. The van der Waals surface area contributed by atoms with Crippen molar-refractivity contribution in [2.75, 3.05) is 17.3 Å². The van der Waals surface area contributed by atoms with Gasteiger partial charge < -0.3 is 14.5 Å². The van der Waals surface area contributed by atoms with Crippen molar-refractivity contribution in [2.45, 2.75) is 31.7 Å². The van der Waals surface area contributed by atoms with Crippen molar-refractivity contribution in [3.63, 3.8) is 0 Å². The highest BCUT2D eigenvalue weighted by molar-refractivity contribution is 6.12. The van der Waals surface area contributed by atoms with Gasteiger partial charge in [-0.05, 0) is 55.8 Å². The number of anilines is 2. The molecule has 3 aromatic carbocycles. The molecule has 2 heterocycles. The van der Waals surface area contributed by atoms with Gasteiger partial charge in [-0.15, -0.1) is 0 Å². The molecule has 1 aliphatic carbocycles. The largest absolute Gasteiger partial charge is 0.496 e. The van der Waals surface area contributed by atoms with Gasteiger partial charge >= 0.3 is 0 Å². The molecule has 1 N–H and O–H groups in total. The second-order valence-corrected chi connectivity index (χ2v) is 9.76. The first-order valence-corrected chi connectivity index (χ1v) is 12.7. The quantitative estimate of drug-likeness (QED) is 0.331. The number of para-hydroxylation sites is 3. The number of aryl methyl sites for hydroxylation is 1. The molecule has 1 amide bonds. The number of benzene rings is 3. The summed E-state index contributed by atoms with van der Waals surface area (Å²) in [6, 6.07) is 25.9. The number of nitrogens with one attached hydrogen (secondary N) is 1. The molecule has 2 aliphatic rings.